The fourth-order valence-corrected chi connectivity index (χ4v) is 6.51. The Balaban J connectivity index is 1.38. The maximum Gasteiger partial charge on any atom is 0.139 e. The van der Waals surface area contributed by atoms with E-state index in [1.54, 1.807) is 0 Å². The van der Waals surface area contributed by atoms with Crippen molar-refractivity contribution < 1.29 is 8.83 Å². The van der Waals surface area contributed by atoms with Gasteiger partial charge in [0.25, 0.3) is 0 Å². The van der Waals surface area contributed by atoms with Crippen LogP contribution < -0.4 is 0 Å². The number of furan rings is 2. The minimum absolute atomic E-state index is 0.827. The fraction of sp³-hybridized carbons (Fsp3) is 0. The van der Waals surface area contributed by atoms with Gasteiger partial charge in [-0.05, 0) is 61.6 Å². The minimum Gasteiger partial charge on any atom is -0.456 e. The van der Waals surface area contributed by atoms with E-state index in [4.69, 9.17) is 8.83 Å². The Morgan fingerprint density at radius 3 is 1.68 bits per heavy atom. The van der Waals surface area contributed by atoms with E-state index in [0.29, 0.717) is 0 Å². The van der Waals surface area contributed by atoms with Gasteiger partial charge in [-0.3, -0.25) is 0 Å². The molecule has 0 saturated carbocycles. The van der Waals surface area contributed by atoms with Gasteiger partial charge < -0.3 is 8.83 Å². The third-order valence-corrected chi connectivity index (χ3v) is 8.25. The maximum absolute atomic E-state index is 6.63. The lowest BCUT2D eigenvalue weighted by Crippen LogP contribution is -1.90. The quantitative estimate of drug-likeness (QED) is 0.216. The van der Waals surface area contributed by atoms with Crippen LogP contribution in [0.3, 0.4) is 0 Å². The van der Waals surface area contributed by atoms with E-state index in [0.717, 1.165) is 44.2 Å². The molecule has 9 rings (SSSR count). The Hall–Kier alpha value is -5.34. The van der Waals surface area contributed by atoms with Crippen LogP contribution in [0.5, 0.6) is 0 Å². The summed E-state index contributed by atoms with van der Waals surface area (Å²) >= 11 is 0. The summed E-state index contributed by atoms with van der Waals surface area (Å²) < 4.78 is 12.8. The summed E-state index contributed by atoms with van der Waals surface area (Å²) in [4.78, 5) is 0. The second-order valence-corrected chi connectivity index (χ2v) is 10.5. The molecule has 40 heavy (non-hydrogen) atoms. The van der Waals surface area contributed by atoms with Gasteiger partial charge in [0.05, 0.1) is 0 Å². The molecule has 0 aliphatic rings. The molecule has 9 aromatic rings. The van der Waals surface area contributed by atoms with Crippen molar-refractivity contribution in [3.05, 3.63) is 133 Å². The highest BCUT2D eigenvalue weighted by Crippen LogP contribution is 2.46. The molecule has 0 atom stereocenters. The fourth-order valence-electron chi connectivity index (χ4n) is 6.51. The molecule has 0 aliphatic heterocycles. The molecule has 0 aliphatic carbocycles. The van der Waals surface area contributed by atoms with E-state index in [-0.39, 0.29) is 0 Å². The first-order chi connectivity index (χ1) is 19.8. The third-order valence-electron chi connectivity index (χ3n) is 8.25. The van der Waals surface area contributed by atoms with Gasteiger partial charge in [0.15, 0.2) is 0 Å². The van der Waals surface area contributed by atoms with E-state index >= 15 is 0 Å². The van der Waals surface area contributed by atoms with Gasteiger partial charge >= 0.3 is 0 Å². The minimum atomic E-state index is 0.827. The average Bonchev–Trinajstić information content (AvgIpc) is 3.58. The molecule has 2 heteroatoms. The van der Waals surface area contributed by atoms with Crippen molar-refractivity contribution in [3.8, 4) is 22.5 Å². The van der Waals surface area contributed by atoms with E-state index in [9.17, 15) is 0 Å². The Bertz CT molecular complexity index is 2370. The lowest BCUT2D eigenvalue weighted by molar-refractivity contribution is 0.629. The number of para-hydroxylation sites is 1. The Morgan fingerprint density at radius 1 is 0.325 bits per heavy atom. The molecule has 0 fully saturated rings. The summed E-state index contributed by atoms with van der Waals surface area (Å²) in [6.45, 7) is 0. The predicted octanol–water partition coefficient (Wildman–Crippen LogP) is 11.1. The third kappa shape index (κ3) is 2.99. The molecule has 0 amide bonds. The van der Waals surface area contributed by atoms with Crippen molar-refractivity contribution in [1.29, 1.82) is 0 Å². The molecule has 0 N–H and O–H groups in total. The first-order valence-corrected chi connectivity index (χ1v) is 13.6. The summed E-state index contributed by atoms with van der Waals surface area (Å²) in [6.07, 6.45) is 0. The second kappa shape index (κ2) is 8.08. The maximum atomic E-state index is 6.63. The zero-order valence-corrected chi connectivity index (χ0v) is 21.5. The van der Waals surface area contributed by atoms with Crippen molar-refractivity contribution >= 4 is 65.2 Å². The van der Waals surface area contributed by atoms with E-state index in [2.05, 4.69) is 115 Å². The molecule has 2 aromatic heterocycles. The van der Waals surface area contributed by atoms with Gasteiger partial charge in [0.1, 0.15) is 22.5 Å². The highest BCUT2D eigenvalue weighted by molar-refractivity contribution is 6.23. The number of hydrogen-bond acceptors (Lipinski definition) is 2. The van der Waals surface area contributed by atoms with Gasteiger partial charge in [-0.1, -0.05) is 109 Å². The second-order valence-electron chi connectivity index (χ2n) is 10.5. The van der Waals surface area contributed by atoms with Crippen LogP contribution in [-0.4, -0.2) is 0 Å². The monoisotopic (exact) mass is 510 g/mol. The smallest absolute Gasteiger partial charge is 0.139 e. The first-order valence-electron chi connectivity index (χ1n) is 13.6. The van der Waals surface area contributed by atoms with Crippen molar-refractivity contribution in [3.63, 3.8) is 0 Å². The van der Waals surface area contributed by atoms with Crippen LogP contribution >= 0.6 is 0 Å². The van der Waals surface area contributed by atoms with Crippen molar-refractivity contribution in [2.45, 2.75) is 0 Å². The van der Waals surface area contributed by atoms with Crippen molar-refractivity contribution in [2.75, 3.05) is 0 Å². The molecule has 2 heterocycles. The van der Waals surface area contributed by atoms with Gasteiger partial charge in [0, 0.05) is 27.8 Å². The van der Waals surface area contributed by atoms with Crippen LogP contribution in [-0.2, 0) is 0 Å². The number of hydrogen-bond donors (Lipinski definition) is 0. The zero-order chi connectivity index (χ0) is 26.2. The van der Waals surface area contributed by atoms with Crippen molar-refractivity contribution in [1.82, 2.24) is 0 Å². The normalized spacial score (nSPS) is 12.0. The van der Waals surface area contributed by atoms with Crippen LogP contribution in [0, 0.1) is 0 Å². The largest absolute Gasteiger partial charge is 0.456 e. The van der Waals surface area contributed by atoms with E-state index < -0.39 is 0 Å². The molecule has 7 aromatic carbocycles. The molecular formula is C38H22O2. The summed E-state index contributed by atoms with van der Waals surface area (Å²) in [5, 5.41) is 10.6. The topological polar surface area (TPSA) is 26.3 Å². The molecule has 0 radical (unpaired) electrons. The Labute approximate surface area is 229 Å². The molecular weight excluding hydrogens is 488 g/mol. The van der Waals surface area contributed by atoms with E-state index in [1.165, 1.54) is 43.4 Å². The molecule has 0 unspecified atom stereocenters. The summed E-state index contributed by atoms with van der Waals surface area (Å²) in [5.41, 5.74) is 6.18. The first kappa shape index (κ1) is 21.6. The summed E-state index contributed by atoms with van der Waals surface area (Å²) in [5.74, 6) is 0.865. The molecule has 0 spiro atoms. The predicted molar refractivity (Wildman–Crippen MR) is 167 cm³/mol. The Morgan fingerprint density at radius 2 is 0.925 bits per heavy atom. The van der Waals surface area contributed by atoms with Crippen LogP contribution in [0.15, 0.2) is 142 Å². The number of fused-ring (bicyclic) bond motifs is 7. The zero-order valence-electron chi connectivity index (χ0n) is 21.5. The van der Waals surface area contributed by atoms with Crippen LogP contribution in [0.2, 0.25) is 0 Å². The standard InChI is InChI=1S/C38H22O2/c1-2-12-25-23(10-1)11-9-18-27(25)37-28-14-3-5-16-30(28)38(31-17-6-4-15-29(31)37)36-21-24-20-32-26-13-7-8-19-33(26)39-35(32)22-34(24)40-36/h1-22H. The lowest BCUT2D eigenvalue weighted by Gasteiger charge is -2.17. The van der Waals surface area contributed by atoms with Gasteiger partial charge in [-0.2, -0.15) is 0 Å². The van der Waals surface area contributed by atoms with Gasteiger partial charge in [0.2, 0.25) is 0 Å². The molecule has 0 bridgehead atoms. The highest BCUT2D eigenvalue weighted by atomic mass is 16.3. The van der Waals surface area contributed by atoms with Crippen molar-refractivity contribution in [2.24, 2.45) is 0 Å². The van der Waals surface area contributed by atoms with Crippen LogP contribution in [0.4, 0.5) is 0 Å². The highest BCUT2D eigenvalue weighted by Gasteiger charge is 2.20. The lowest BCUT2D eigenvalue weighted by atomic mass is 9.86. The summed E-state index contributed by atoms with van der Waals surface area (Å²) in [7, 11) is 0. The van der Waals surface area contributed by atoms with Gasteiger partial charge in [-0.25, -0.2) is 0 Å². The SMILES string of the molecule is c1ccc2c(-c3c4ccccc4c(-c4cc5cc6c(cc5o4)oc4ccccc46)c4ccccc34)cccc2c1. The van der Waals surface area contributed by atoms with Crippen LogP contribution in [0.1, 0.15) is 0 Å². The van der Waals surface area contributed by atoms with Gasteiger partial charge in [-0.15, -0.1) is 0 Å². The Kier molecular flexibility index (Phi) is 4.36. The van der Waals surface area contributed by atoms with E-state index in [1.807, 2.05) is 18.2 Å². The average molecular weight is 511 g/mol. The molecule has 0 saturated heterocycles. The molecule has 2 nitrogen and oxygen atoms in total. The summed E-state index contributed by atoms with van der Waals surface area (Å²) in [6, 6.07) is 47.2. The number of rotatable bonds is 2. The van der Waals surface area contributed by atoms with Crippen LogP contribution in [0.25, 0.3) is 87.7 Å². The number of benzene rings is 7. The molecule has 186 valence electrons.